The monoisotopic (exact) mass is 304 g/mol. The number of hydrogen-bond acceptors (Lipinski definition) is 0. The Morgan fingerprint density at radius 1 is 0.333 bits per heavy atom. The fourth-order valence-electron chi connectivity index (χ4n) is 3.56. The van der Waals surface area contributed by atoms with Crippen molar-refractivity contribution in [3.63, 3.8) is 0 Å². The molecule has 24 heavy (non-hydrogen) atoms. The highest BCUT2D eigenvalue weighted by Crippen LogP contribution is 2.31. The molecule has 0 fully saturated rings. The van der Waals surface area contributed by atoms with Crippen molar-refractivity contribution in [2.75, 3.05) is 0 Å². The second kappa shape index (κ2) is 5.21. The third kappa shape index (κ3) is 2.08. The van der Waals surface area contributed by atoms with Crippen LogP contribution in [-0.2, 0) is 0 Å². The summed E-state index contributed by atoms with van der Waals surface area (Å²) < 4.78 is 0. The molecule has 5 rings (SSSR count). The first-order chi connectivity index (χ1) is 11.9. The van der Waals surface area contributed by atoms with E-state index in [1.54, 1.807) is 0 Å². The summed E-state index contributed by atoms with van der Waals surface area (Å²) in [6.45, 7) is 0. The third-order valence-corrected chi connectivity index (χ3v) is 4.83. The van der Waals surface area contributed by atoms with Crippen LogP contribution in [-0.4, -0.2) is 0 Å². The van der Waals surface area contributed by atoms with Crippen LogP contribution >= 0.6 is 0 Å². The van der Waals surface area contributed by atoms with Gasteiger partial charge in [0, 0.05) is 0 Å². The molecular weight excluding hydrogens is 288 g/mol. The van der Waals surface area contributed by atoms with Gasteiger partial charge in [-0.3, -0.25) is 0 Å². The summed E-state index contributed by atoms with van der Waals surface area (Å²) in [7, 11) is 0. The van der Waals surface area contributed by atoms with Crippen molar-refractivity contribution in [1.29, 1.82) is 0 Å². The standard InChI is InChI=1S/C24H16/c1-2-7-19-15-20(11-9-17(19)5-1)21-13-14-24-22(16-21)12-10-18-6-3-4-8-23(18)24/h1-16H. The van der Waals surface area contributed by atoms with Crippen LogP contribution in [0.25, 0.3) is 43.4 Å². The number of rotatable bonds is 1. The quantitative estimate of drug-likeness (QED) is 0.298. The molecule has 0 radical (unpaired) electrons. The molecule has 112 valence electrons. The number of hydrogen-bond donors (Lipinski definition) is 0. The van der Waals surface area contributed by atoms with Gasteiger partial charge in [-0.25, -0.2) is 0 Å². The minimum absolute atomic E-state index is 1.27. The Labute approximate surface area is 141 Å². The first kappa shape index (κ1) is 13.3. The fourth-order valence-corrected chi connectivity index (χ4v) is 3.56. The van der Waals surface area contributed by atoms with E-state index in [0.29, 0.717) is 0 Å². The van der Waals surface area contributed by atoms with Gasteiger partial charge in [0.15, 0.2) is 0 Å². The smallest absolute Gasteiger partial charge is 0.0105 e. The van der Waals surface area contributed by atoms with Crippen molar-refractivity contribution in [2.45, 2.75) is 0 Å². The Bertz CT molecular complexity index is 1200. The molecule has 0 aliphatic rings. The molecule has 5 aromatic rings. The average molecular weight is 304 g/mol. The Hall–Kier alpha value is -3.12. The second-order valence-corrected chi connectivity index (χ2v) is 6.28. The van der Waals surface area contributed by atoms with E-state index >= 15 is 0 Å². The number of fused-ring (bicyclic) bond motifs is 4. The highest BCUT2D eigenvalue weighted by Gasteiger charge is 2.04. The van der Waals surface area contributed by atoms with E-state index in [1.165, 1.54) is 43.4 Å². The summed E-state index contributed by atoms with van der Waals surface area (Å²) in [6.07, 6.45) is 0. The molecule has 0 nitrogen and oxygen atoms in total. The molecule has 0 saturated carbocycles. The van der Waals surface area contributed by atoms with Gasteiger partial charge in [0.1, 0.15) is 0 Å². The lowest BCUT2D eigenvalue weighted by atomic mass is 9.96. The van der Waals surface area contributed by atoms with Crippen LogP contribution in [0.2, 0.25) is 0 Å². The first-order valence-electron chi connectivity index (χ1n) is 8.29. The highest BCUT2D eigenvalue weighted by atomic mass is 14.1. The lowest BCUT2D eigenvalue weighted by Gasteiger charge is -2.08. The molecule has 0 heterocycles. The molecule has 5 aromatic carbocycles. The van der Waals surface area contributed by atoms with Gasteiger partial charge >= 0.3 is 0 Å². The van der Waals surface area contributed by atoms with Crippen molar-refractivity contribution < 1.29 is 0 Å². The van der Waals surface area contributed by atoms with E-state index in [9.17, 15) is 0 Å². The molecule has 0 bridgehead atoms. The van der Waals surface area contributed by atoms with Crippen LogP contribution in [0, 0.1) is 0 Å². The molecule has 0 aromatic heterocycles. The van der Waals surface area contributed by atoms with E-state index in [4.69, 9.17) is 0 Å². The predicted octanol–water partition coefficient (Wildman–Crippen LogP) is 6.81. The van der Waals surface area contributed by atoms with Crippen LogP contribution in [0.3, 0.4) is 0 Å². The van der Waals surface area contributed by atoms with Gasteiger partial charge in [-0.2, -0.15) is 0 Å². The van der Waals surface area contributed by atoms with Gasteiger partial charge in [-0.1, -0.05) is 84.9 Å². The second-order valence-electron chi connectivity index (χ2n) is 6.28. The van der Waals surface area contributed by atoms with Crippen LogP contribution < -0.4 is 0 Å². The zero-order valence-corrected chi connectivity index (χ0v) is 13.2. The third-order valence-electron chi connectivity index (χ3n) is 4.83. The van der Waals surface area contributed by atoms with E-state index in [-0.39, 0.29) is 0 Å². The van der Waals surface area contributed by atoms with E-state index < -0.39 is 0 Å². The molecule has 0 aliphatic carbocycles. The maximum Gasteiger partial charge on any atom is -0.0105 e. The molecule has 0 saturated heterocycles. The Morgan fingerprint density at radius 2 is 0.875 bits per heavy atom. The molecule has 0 amide bonds. The summed E-state index contributed by atoms with van der Waals surface area (Å²) in [5.41, 5.74) is 2.53. The lowest BCUT2D eigenvalue weighted by Crippen LogP contribution is -1.82. The Balaban J connectivity index is 1.72. The zero-order valence-electron chi connectivity index (χ0n) is 13.2. The van der Waals surface area contributed by atoms with Crippen molar-refractivity contribution in [2.24, 2.45) is 0 Å². The SMILES string of the molecule is c1ccc2cc(-c3ccc4c(ccc5ccccc54)c3)ccc2c1. The summed E-state index contributed by atoms with van der Waals surface area (Å²) in [4.78, 5) is 0. The van der Waals surface area contributed by atoms with Crippen molar-refractivity contribution in [1.82, 2.24) is 0 Å². The van der Waals surface area contributed by atoms with Crippen LogP contribution in [0.4, 0.5) is 0 Å². The lowest BCUT2D eigenvalue weighted by molar-refractivity contribution is 1.68. The minimum atomic E-state index is 1.27. The van der Waals surface area contributed by atoms with E-state index in [0.717, 1.165) is 0 Å². The topological polar surface area (TPSA) is 0 Å². The molecule has 0 aliphatic heterocycles. The van der Waals surface area contributed by atoms with Crippen molar-refractivity contribution in [3.8, 4) is 11.1 Å². The Morgan fingerprint density at radius 3 is 1.75 bits per heavy atom. The molecule has 0 atom stereocenters. The Kier molecular flexibility index (Phi) is 2.89. The molecule has 0 N–H and O–H groups in total. The van der Waals surface area contributed by atoms with Crippen molar-refractivity contribution >= 4 is 32.3 Å². The zero-order chi connectivity index (χ0) is 15.9. The molecule has 0 spiro atoms. The van der Waals surface area contributed by atoms with E-state index in [1.807, 2.05) is 0 Å². The first-order valence-corrected chi connectivity index (χ1v) is 8.29. The van der Waals surface area contributed by atoms with Crippen LogP contribution in [0.15, 0.2) is 97.1 Å². The summed E-state index contributed by atoms with van der Waals surface area (Å²) in [5, 5.41) is 7.79. The van der Waals surface area contributed by atoms with Gasteiger partial charge in [0.2, 0.25) is 0 Å². The summed E-state index contributed by atoms with van der Waals surface area (Å²) >= 11 is 0. The maximum atomic E-state index is 2.30. The minimum Gasteiger partial charge on any atom is -0.0616 e. The van der Waals surface area contributed by atoms with Crippen LogP contribution in [0.1, 0.15) is 0 Å². The molecule has 0 heteroatoms. The van der Waals surface area contributed by atoms with Gasteiger partial charge in [-0.05, 0) is 55.6 Å². The molecule has 0 unspecified atom stereocenters. The van der Waals surface area contributed by atoms with E-state index in [2.05, 4.69) is 97.1 Å². The molecular formula is C24H16. The van der Waals surface area contributed by atoms with Gasteiger partial charge in [0.25, 0.3) is 0 Å². The van der Waals surface area contributed by atoms with Crippen LogP contribution in [0.5, 0.6) is 0 Å². The summed E-state index contributed by atoms with van der Waals surface area (Å²) in [5.74, 6) is 0. The fraction of sp³-hybridized carbons (Fsp3) is 0. The maximum absolute atomic E-state index is 2.30. The van der Waals surface area contributed by atoms with Gasteiger partial charge < -0.3 is 0 Å². The number of benzene rings is 5. The van der Waals surface area contributed by atoms with Gasteiger partial charge in [-0.15, -0.1) is 0 Å². The largest absolute Gasteiger partial charge is 0.0616 e. The van der Waals surface area contributed by atoms with Crippen molar-refractivity contribution in [3.05, 3.63) is 97.1 Å². The summed E-state index contributed by atoms with van der Waals surface area (Å²) in [6, 6.07) is 35.0. The average Bonchev–Trinajstić information content (AvgIpc) is 2.67. The highest BCUT2D eigenvalue weighted by molar-refractivity contribution is 6.08. The van der Waals surface area contributed by atoms with Gasteiger partial charge in [0.05, 0.1) is 0 Å². The predicted molar refractivity (Wildman–Crippen MR) is 104 cm³/mol. The normalized spacial score (nSPS) is 11.3.